The van der Waals surface area contributed by atoms with E-state index in [0.29, 0.717) is 0 Å². The highest BCUT2D eigenvalue weighted by atomic mass is 32.2. The van der Waals surface area contributed by atoms with E-state index in [2.05, 4.69) is 42.2 Å². The Morgan fingerprint density at radius 2 is 1.80 bits per heavy atom. The van der Waals surface area contributed by atoms with Gasteiger partial charge >= 0.3 is 0 Å². The summed E-state index contributed by atoms with van der Waals surface area (Å²) >= 11 is 1.78. The van der Waals surface area contributed by atoms with Gasteiger partial charge in [-0.15, -0.1) is 0 Å². The van der Waals surface area contributed by atoms with Crippen LogP contribution in [0.4, 0.5) is 0 Å². The van der Waals surface area contributed by atoms with Crippen LogP contribution in [0.2, 0.25) is 0 Å². The lowest BCUT2D eigenvalue weighted by Crippen LogP contribution is -1.80. The van der Waals surface area contributed by atoms with Crippen LogP contribution in [0.15, 0.2) is 52.4 Å². The number of aromatic nitrogens is 1. The third-order valence-corrected chi connectivity index (χ3v) is 3.07. The number of rotatable bonds is 2. The summed E-state index contributed by atoms with van der Waals surface area (Å²) in [4.78, 5) is 6.71. The number of benzene rings is 1. The fourth-order valence-corrected chi connectivity index (χ4v) is 2.42. The van der Waals surface area contributed by atoms with E-state index in [9.17, 15) is 0 Å². The molecule has 0 N–H and O–H groups in total. The number of pyridine rings is 1. The van der Waals surface area contributed by atoms with Crippen molar-refractivity contribution in [2.24, 2.45) is 0 Å². The highest BCUT2D eigenvalue weighted by Crippen LogP contribution is 2.27. The van der Waals surface area contributed by atoms with Gasteiger partial charge in [0.25, 0.3) is 0 Å². The topological polar surface area (TPSA) is 12.9 Å². The van der Waals surface area contributed by atoms with Crippen LogP contribution in [0.25, 0.3) is 0 Å². The molecule has 2 heteroatoms. The Bertz CT molecular complexity index is 422. The fraction of sp³-hybridized carbons (Fsp3) is 0.154. The van der Waals surface area contributed by atoms with Gasteiger partial charge in [0.2, 0.25) is 0 Å². The zero-order valence-corrected chi connectivity index (χ0v) is 9.71. The molecule has 0 aliphatic rings. The third-order valence-electron chi connectivity index (χ3n) is 2.09. The van der Waals surface area contributed by atoms with E-state index in [0.717, 1.165) is 5.69 Å². The van der Waals surface area contributed by atoms with E-state index in [1.807, 2.05) is 19.2 Å². The Labute approximate surface area is 94.6 Å². The summed E-state index contributed by atoms with van der Waals surface area (Å²) in [5, 5.41) is 0. The molecule has 1 aromatic carbocycles. The predicted octanol–water partition coefficient (Wildman–Crippen LogP) is 3.85. The second-order valence-corrected chi connectivity index (χ2v) is 4.70. The van der Waals surface area contributed by atoms with Crippen LogP contribution >= 0.6 is 11.8 Å². The highest BCUT2D eigenvalue weighted by molar-refractivity contribution is 7.99. The molecule has 0 amide bonds. The van der Waals surface area contributed by atoms with Gasteiger partial charge in [0.15, 0.2) is 0 Å². The van der Waals surface area contributed by atoms with Crippen LogP contribution in [-0.2, 0) is 0 Å². The summed E-state index contributed by atoms with van der Waals surface area (Å²) < 4.78 is 0. The van der Waals surface area contributed by atoms with Crippen molar-refractivity contribution < 1.29 is 0 Å². The van der Waals surface area contributed by atoms with Gasteiger partial charge in [-0.05, 0) is 38.1 Å². The van der Waals surface area contributed by atoms with Gasteiger partial charge in [0.1, 0.15) is 0 Å². The van der Waals surface area contributed by atoms with Gasteiger partial charge in [-0.2, -0.15) is 0 Å². The van der Waals surface area contributed by atoms with E-state index < -0.39 is 0 Å². The summed E-state index contributed by atoms with van der Waals surface area (Å²) in [5.74, 6) is 0. The molecule has 0 saturated carbocycles. The Kier molecular flexibility index (Phi) is 3.07. The SMILES string of the molecule is Cc1cccc(Sc2ccnc(C)c2)c1. The maximum Gasteiger partial charge on any atom is 0.0383 e. The standard InChI is InChI=1S/C13H13NS/c1-10-4-3-5-12(8-10)15-13-6-7-14-11(2)9-13/h3-9H,1-2H3. The fourth-order valence-electron chi connectivity index (χ4n) is 1.40. The zero-order valence-electron chi connectivity index (χ0n) is 8.90. The summed E-state index contributed by atoms with van der Waals surface area (Å²) in [6, 6.07) is 12.7. The molecule has 0 saturated heterocycles. The molecule has 0 radical (unpaired) electrons. The van der Waals surface area contributed by atoms with Crippen LogP contribution in [0.3, 0.4) is 0 Å². The Hall–Kier alpha value is -1.28. The Balaban J connectivity index is 2.22. The lowest BCUT2D eigenvalue weighted by Gasteiger charge is -2.02. The summed E-state index contributed by atoms with van der Waals surface area (Å²) in [5.41, 5.74) is 2.36. The maximum absolute atomic E-state index is 4.19. The first-order chi connectivity index (χ1) is 7.24. The van der Waals surface area contributed by atoms with Gasteiger partial charge < -0.3 is 0 Å². The summed E-state index contributed by atoms with van der Waals surface area (Å²) in [6.07, 6.45) is 1.85. The molecular weight excluding hydrogens is 202 g/mol. The van der Waals surface area contributed by atoms with E-state index in [1.54, 1.807) is 11.8 Å². The van der Waals surface area contributed by atoms with Crippen LogP contribution in [0.5, 0.6) is 0 Å². The zero-order chi connectivity index (χ0) is 10.7. The van der Waals surface area contributed by atoms with Gasteiger partial charge in [-0.3, -0.25) is 4.98 Å². The van der Waals surface area contributed by atoms with E-state index in [-0.39, 0.29) is 0 Å². The van der Waals surface area contributed by atoms with Crippen molar-refractivity contribution in [3.05, 3.63) is 53.9 Å². The molecule has 0 aliphatic carbocycles. The first-order valence-corrected chi connectivity index (χ1v) is 5.73. The predicted molar refractivity (Wildman–Crippen MR) is 64.3 cm³/mol. The largest absolute Gasteiger partial charge is 0.262 e. The first-order valence-electron chi connectivity index (χ1n) is 4.91. The maximum atomic E-state index is 4.19. The van der Waals surface area contributed by atoms with Crippen molar-refractivity contribution in [3.63, 3.8) is 0 Å². The van der Waals surface area contributed by atoms with Crippen LogP contribution in [-0.4, -0.2) is 4.98 Å². The molecule has 15 heavy (non-hydrogen) atoms. The minimum atomic E-state index is 1.06. The average Bonchev–Trinajstić information content (AvgIpc) is 2.17. The molecule has 76 valence electrons. The summed E-state index contributed by atoms with van der Waals surface area (Å²) in [6.45, 7) is 4.13. The van der Waals surface area contributed by atoms with E-state index in [4.69, 9.17) is 0 Å². The molecule has 0 spiro atoms. The number of hydrogen-bond donors (Lipinski definition) is 0. The molecule has 0 fully saturated rings. The van der Waals surface area contributed by atoms with Crippen molar-refractivity contribution in [1.29, 1.82) is 0 Å². The quantitative estimate of drug-likeness (QED) is 0.754. The van der Waals surface area contributed by atoms with E-state index >= 15 is 0 Å². The van der Waals surface area contributed by atoms with E-state index in [1.165, 1.54) is 15.4 Å². The van der Waals surface area contributed by atoms with Crippen LogP contribution < -0.4 is 0 Å². The van der Waals surface area contributed by atoms with Gasteiger partial charge in [-0.25, -0.2) is 0 Å². The highest BCUT2D eigenvalue weighted by Gasteiger charge is 1.97. The van der Waals surface area contributed by atoms with Crippen LogP contribution in [0.1, 0.15) is 11.3 Å². The molecule has 0 unspecified atom stereocenters. The number of aryl methyl sites for hydroxylation is 2. The van der Waals surface area contributed by atoms with Gasteiger partial charge in [0, 0.05) is 21.7 Å². The van der Waals surface area contributed by atoms with Gasteiger partial charge in [0.05, 0.1) is 0 Å². The second-order valence-electron chi connectivity index (χ2n) is 3.55. The molecule has 1 heterocycles. The summed E-state index contributed by atoms with van der Waals surface area (Å²) in [7, 11) is 0. The molecular formula is C13H13NS. The monoisotopic (exact) mass is 215 g/mol. The normalized spacial score (nSPS) is 10.3. The van der Waals surface area contributed by atoms with Crippen molar-refractivity contribution in [3.8, 4) is 0 Å². The molecule has 0 aliphatic heterocycles. The minimum Gasteiger partial charge on any atom is -0.262 e. The molecule has 1 nitrogen and oxygen atoms in total. The third kappa shape index (κ3) is 2.83. The number of nitrogens with zero attached hydrogens (tertiary/aromatic N) is 1. The molecule has 0 bridgehead atoms. The van der Waals surface area contributed by atoms with Crippen molar-refractivity contribution >= 4 is 11.8 Å². The Morgan fingerprint density at radius 3 is 2.53 bits per heavy atom. The number of hydrogen-bond acceptors (Lipinski definition) is 2. The van der Waals surface area contributed by atoms with Gasteiger partial charge in [-0.1, -0.05) is 29.5 Å². The Morgan fingerprint density at radius 1 is 1.00 bits per heavy atom. The molecule has 1 aromatic heterocycles. The molecule has 2 rings (SSSR count). The molecule has 0 atom stereocenters. The molecule has 2 aromatic rings. The minimum absolute atomic E-state index is 1.06. The van der Waals surface area contributed by atoms with Crippen LogP contribution in [0, 0.1) is 13.8 Å². The lowest BCUT2D eigenvalue weighted by molar-refractivity contribution is 1.16. The first kappa shape index (κ1) is 10.2. The average molecular weight is 215 g/mol. The second kappa shape index (κ2) is 4.49. The van der Waals surface area contributed by atoms with Crippen molar-refractivity contribution in [2.45, 2.75) is 23.6 Å². The van der Waals surface area contributed by atoms with Crippen molar-refractivity contribution in [2.75, 3.05) is 0 Å². The lowest BCUT2D eigenvalue weighted by atomic mass is 10.2. The smallest absolute Gasteiger partial charge is 0.0383 e. The van der Waals surface area contributed by atoms with Crippen molar-refractivity contribution in [1.82, 2.24) is 4.98 Å².